The Morgan fingerprint density at radius 1 is 0.435 bits per heavy atom. The van der Waals surface area contributed by atoms with E-state index in [4.69, 9.17) is 4.42 Å². The Kier molecular flexibility index (Phi) is 6.59. The predicted octanol–water partition coefficient (Wildman–Crippen LogP) is 13.1. The van der Waals surface area contributed by atoms with Crippen LogP contribution in [-0.2, 0) is 0 Å². The second-order valence-electron chi connectivity index (χ2n) is 12.7. The number of hydrogen-bond acceptors (Lipinski definition) is 2. The lowest BCUT2D eigenvalue weighted by Crippen LogP contribution is -2.12. The van der Waals surface area contributed by atoms with Gasteiger partial charge in [0.1, 0.15) is 11.2 Å². The van der Waals surface area contributed by atoms with E-state index in [0.717, 1.165) is 39.0 Å². The van der Waals surface area contributed by atoms with Crippen LogP contribution in [0, 0.1) is 0 Å². The van der Waals surface area contributed by atoms with Gasteiger partial charge in [-0.15, -0.1) is 0 Å². The van der Waals surface area contributed by atoms with E-state index in [2.05, 4.69) is 144 Å². The molecule has 7 aromatic carbocycles. The first-order valence-electron chi connectivity index (χ1n) is 16.6. The third kappa shape index (κ3) is 4.40. The van der Waals surface area contributed by atoms with E-state index in [9.17, 15) is 0 Å². The molecule has 0 aliphatic heterocycles. The number of fused-ring (bicyclic) bond motifs is 5. The minimum atomic E-state index is 0.603. The number of rotatable bonds is 5. The number of hydrogen-bond donors (Lipinski definition) is 0. The van der Waals surface area contributed by atoms with Crippen molar-refractivity contribution < 1.29 is 4.42 Å². The fraction of sp³-hybridized carbons (Fsp3) is 0.136. The maximum absolute atomic E-state index is 6.43. The van der Waals surface area contributed by atoms with Crippen LogP contribution in [0.5, 0.6) is 0 Å². The summed E-state index contributed by atoms with van der Waals surface area (Å²) in [4.78, 5) is 2.48. The van der Waals surface area contributed by atoms with Gasteiger partial charge in [0.25, 0.3) is 0 Å². The molecule has 1 fully saturated rings. The summed E-state index contributed by atoms with van der Waals surface area (Å²) in [5, 5.41) is 7.40. The van der Waals surface area contributed by atoms with Crippen molar-refractivity contribution in [3.05, 3.63) is 151 Å². The lowest BCUT2D eigenvalue weighted by Gasteiger charge is -2.30. The molecular formula is C44H35NO. The van der Waals surface area contributed by atoms with Gasteiger partial charge in [-0.25, -0.2) is 0 Å². The second kappa shape index (κ2) is 11.2. The topological polar surface area (TPSA) is 16.4 Å². The Morgan fingerprint density at radius 2 is 1.04 bits per heavy atom. The van der Waals surface area contributed by atoms with Gasteiger partial charge in [0.15, 0.2) is 0 Å². The van der Waals surface area contributed by atoms with Gasteiger partial charge in [0.05, 0.1) is 22.4 Å². The fourth-order valence-electron chi connectivity index (χ4n) is 7.98. The van der Waals surface area contributed by atoms with Crippen LogP contribution < -0.4 is 4.90 Å². The summed E-state index contributed by atoms with van der Waals surface area (Å²) < 4.78 is 6.43. The molecule has 0 unspecified atom stereocenters. The summed E-state index contributed by atoms with van der Waals surface area (Å²) >= 11 is 0. The highest BCUT2D eigenvalue weighted by atomic mass is 16.3. The molecule has 1 aliphatic rings. The Bertz CT molecular complexity index is 2360. The molecule has 2 nitrogen and oxygen atoms in total. The molecule has 1 aromatic heterocycles. The smallest absolute Gasteiger partial charge is 0.137 e. The van der Waals surface area contributed by atoms with Gasteiger partial charge >= 0.3 is 0 Å². The Labute approximate surface area is 269 Å². The third-order valence-corrected chi connectivity index (χ3v) is 10.0. The molecular weight excluding hydrogens is 558 g/mol. The van der Waals surface area contributed by atoms with E-state index in [1.54, 1.807) is 0 Å². The predicted molar refractivity (Wildman–Crippen MR) is 195 cm³/mol. The van der Waals surface area contributed by atoms with Gasteiger partial charge in [-0.1, -0.05) is 135 Å². The summed E-state index contributed by atoms with van der Waals surface area (Å²) in [6.07, 6.45) is 6.53. The molecule has 1 saturated carbocycles. The molecule has 0 atom stereocenters. The first-order chi connectivity index (χ1) is 22.8. The minimum Gasteiger partial charge on any atom is -0.456 e. The highest BCUT2D eigenvalue weighted by Crippen LogP contribution is 2.49. The molecule has 1 heterocycles. The molecule has 0 N–H and O–H groups in total. The van der Waals surface area contributed by atoms with Gasteiger partial charge in [0, 0.05) is 16.3 Å². The number of furan rings is 1. The molecule has 0 spiro atoms. The summed E-state index contributed by atoms with van der Waals surface area (Å²) in [6.45, 7) is 0. The zero-order chi connectivity index (χ0) is 30.5. The average molecular weight is 594 g/mol. The molecule has 222 valence electrons. The lowest BCUT2D eigenvalue weighted by molar-refractivity contribution is 0.445. The maximum Gasteiger partial charge on any atom is 0.137 e. The molecule has 1 aliphatic carbocycles. The monoisotopic (exact) mass is 593 g/mol. The van der Waals surface area contributed by atoms with E-state index in [0.29, 0.717) is 5.92 Å². The molecule has 46 heavy (non-hydrogen) atoms. The number of anilines is 3. The largest absolute Gasteiger partial charge is 0.456 e. The molecule has 2 heteroatoms. The zero-order valence-electron chi connectivity index (χ0n) is 25.8. The van der Waals surface area contributed by atoms with Crippen molar-refractivity contribution >= 4 is 60.5 Å². The summed E-state index contributed by atoms with van der Waals surface area (Å²) in [5.74, 6) is 0.603. The number of benzene rings is 7. The first-order valence-corrected chi connectivity index (χ1v) is 16.6. The second-order valence-corrected chi connectivity index (χ2v) is 12.7. The van der Waals surface area contributed by atoms with Gasteiger partial charge in [-0.2, -0.15) is 0 Å². The van der Waals surface area contributed by atoms with E-state index >= 15 is 0 Å². The molecule has 0 amide bonds. The molecule has 9 rings (SSSR count). The standard InChI is InChI=1S/C44H35NO/c1-2-14-31(15-3-1)34-23-10-18-32-19-11-24-36(43(32)34)35-21-6-8-25-39(35)45(38-26-12-17-30-16-4-5-20-33(30)38)40-27-13-29-42-44(40)37-22-7-9-28-41(37)46-42/h4-13,16-29,31H,1-3,14-15H2. The van der Waals surface area contributed by atoms with E-state index in [1.165, 1.54) is 70.3 Å². The van der Waals surface area contributed by atoms with Crippen molar-refractivity contribution in [2.75, 3.05) is 4.90 Å². The van der Waals surface area contributed by atoms with Crippen LogP contribution in [-0.4, -0.2) is 0 Å². The average Bonchev–Trinajstić information content (AvgIpc) is 3.51. The maximum atomic E-state index is 6.43. The van der Waals surface area contributed by atoms with Crippen LogP contribution in [0.3, 0.4) is 0 Å². The van der Waals surface area contributed by atoms with Crippen molar-refractivity contribution in [3.8, 4) is 11.1 Å². The van der Waals surface area contributed by atoms with E-state index in [-0.39, 0.29) is 0 Å². The zero-order valence-corrected chi connectivity index (χ0v) is 25.8. The van der Waals surface area contributed by atoms with Crippen LogP contribution in [0.25, 0.3) is 54.6 Å². The van der Waals surface area contributed by atoms with Crippen molar-refractivity contribution in [2.45, 2.75) is 38.0 Å². The van der Waals surface area contributed by atoms with E-state index in [1.807, 2.05) is 6.07 Å². The van der Waals surface area contributed by atoms with Gasteiger partial charge < -0.3 is 9.32 Å². The lowest BCUT2D eigenvalue weighted by atomic mass is 9.80. The van der Waals surface area contributed by atoms with Crippen LogP contribution in [0.1, 0.15) is 43.6 Å². The minimum absolute atomic E-state index is 0.603. The normalized spacial score (nSPS) is 14.0. The van der Waals surface area contributed by atoms with Crippen LogP contribution in [0.15, 0.2) is 150 Å². The molecule has 0 bridgehead atoms. The first kappa shape index (κ1) is 27.0. The summed E-state index contributed by atoms with van der Waals surface area (Å²) in [5.41, 5.74) is 9.24. The highest BCUT2D eigenvalue weighted by molar-refractivity contribution is 6.15. The molecule has 0 radical (unpaired) electrons. The van der Waals surface area contributed by atoms with Gasteiger partial charge in [-0.3, -0.25) is 0 Å². The molecule has 8 aromatic rings. The number of para-hydroxylation sites is 2. The van der Waals surface area contributed by atoms with Crippen LogP contribution in [0.4, 0.5) is 17.1 Å². The SMILES string of the molecule is c1ccc(N(c2cccc3ccccc23)c2cccc3oc4ccccc4c23)c(-c2cccc3cccc(C4CCCCC4)c23)c1. The Morgan fingerprint density at radius 3 is 1.96 bits per heavy atom. The Balaban J connectivity index is 1.36. The van der Waals surface area contributed by atoms with Crippen molar-refractivity contribution in [3.63, 3.8) is 0 Å². The highest BCUT2D eigenvalue weighted by Gasteiger charge is 2.25. The van der Waals surface area contributed by atoms with Crippen LogP contribution >= 0.6 is 0 Å². The van der Waals surface area contributed by atoms with Gasteiger partial charge in [0.2, 0.25) is 0 Å². The van der Waals surface area contributed by atoms with Crippen molar-refractivity contribution in [1.29, 1.82) is 0 Å². The van der Waals surface area contributed by atoms with Gasteiger partial charge in [-0.05, 0) is 76.4 Å². The van der Waals surface area contributed by atoms with Crippen LogP contribution in [0.2, 0.25) is 0 Å². The fourth-order valence-corrected chi connectivity index (χ4v) is 7.98. The summed E-state index contributed by atoms with van der Waals surface area (Å²) in [6, 6.07) is 53.0. The van der Waals surface area contributed by atoms with E-state index < -0.39 is 0 Å². The van der Waals surface area contributed by atoms with Crippen molar-refractivity contribution in [2.24, 2.45) is 0 Å². The third-order valence-electron chi connectivity index (χ3n) is 10.0. The quantitative estimate of drug-likeness (QED) is 0.197. The summed E-state index contributed by atoms with van der Waals surface area (Å²) in [7, 11) is 0. The Hall–Kier alpha value is -5.34. The molecule has 0 saturated heterocycles. The number of nitrogens with zero attached hydrogens (tertiary/aromatic N) is 1. The van der Waals surface area contributed by atoms with Crippen molar-refractivity contribution in [1.82, 2.24) is 0 Å².